The van der Waals surface area contributed by atoms with Gasteiger partial charge in [0.15, 0.2) is 5.56 Å². The molecule has 1 amide bonds. The summed E-state index contributed by atoms with van der Waals surface area (Å²) in [6.45, 7) is 1.72. The number of halogens is 1. The van der Waals surface area contributed by atoms with Crippen LogP contribution in [0.15, 0.2) is 12.5 Å². The Balaban J connectivity index is 1.84. The van der Waals surface area contributed by atoms with E-state index in [0.717, 1.165) is 0 Å². The second kappa shape index (κ2) is 7.26. The van der Waals surface area contributed by atoms with Crippen molar-refractivity contribution in [1.29, 1.82) is 0 Å². The zero-order chi connectivity index (χ0) is 16.1. The number of carbonyl (C=O) groups excluding carboxylic acids is 3. The van der Waals surface area contributed by atoms with E-state index in [0.29, 0.717) is 12.1 Å². The van der Waals surface area contributed by atoms with Crippen LogP contribution < -0.4 is 5.32 Å². The highest BCUT2D eigenvalue weighted by atomic mass is 35.5. The highest BCUT2D eigenvalue weighted by molar-refractivity contribution is 6.20. The fourth-order valence-electron chi connectivity index (χ4n) is 2.04. The van der Waals surface area contributed by atoms with Crippen molar-refractivity contribution in [2.45, 2.75) is 37.5 Å². The number of alkyl halides is 1. The van der Waals surface area contributed by atoms with Gasteiger partial charge in [0.2, 0.25) is 6.41 Å². The number of hydrogen-bond acceptors (Lipinski definition) is 6. The van der Waals surface area contributed by atoms with Gasteiger partial charge in [-0.3, -0.25) is 9.59 Å². The van der Waals surface area contributed by atoms with Crippen LogP contribution in [-0.2, 0) is 30.3 Å². The Morgan fingerprint density at radius 3 is 3.00 bits per heavy atom. The third kappa shape index (κ3) is 3.97. The fraction of sp³-hybridized carbons (Fsp3) is 0.538. The third-order valence-electron chi connectivity index (χ3n) is 3.39. The SMILES string of the molecule is C[C@@H]1C(=O)O[C@H]1C[C@H](Cl)OC(=O)[C@H](Cc1cnc[nH]1)NC=O. The molecule has 2 N–H and O–H groups in total. The predicted molar refractivity (Wildman–Crippen MR) is 74.7 cm³/mol. The maximum absolute atomic E-state index is 12.0. The van der Waals surface area contributed by atoms with E-state index in [1.165, 1.54) is 6.33 Å². The van der Waals surface area contributed by atoms with E-state index in [4.69, 9.17) is 21.1 Å². The molecule has 1 aliphatic heterocycles. The quantitative estimate of drug-likeness (QED) is 0.398. The normalized spacial score (nSPS) is 22.9. The highest BCUT2D eigenvalue weighted by Gasteiger charge is 2.40. The van der Waals surface area contributed by atoms with E-state index in [2.05, 4.69) is 15.3 Å². The van der Waals surface area contributed by atoms with Gasteiger partial charge in [-0.25, -0.2) is 9.78 Å². The van der Waals surface area contributed by atoms with Crippen LogP contribution in [0.5, 0.6) is 0 Å². The number of hydrogen-bond donors (Lipinski definition) is 2. The van der Waals surface area contributed by atoms with E-state index in [1.807, 2.05) is 0 Å². The summed E-state index contributed by atoms with van der Waals surface area (Å²) >= 11 is 5.95. The molecule has 0 unspecified atom stereocenters. The summed E-state index contributed by atoms with van der Waals surface area (Å²) in [6, 6.07) is -0.874. The molecule has 0 aliphatic carbocycles. The summed E-state index contributed by atoms with van der Waals surface area (Å²) in [4.78, 5) is 40.3. The first-order valence-electron chi connectivity index (χ1n) is 6.73. The van der Waals surface area contributed by atoms with E-state index >= 15 is 0 Å². The molecule has 0 spiro atoms. The maximum atomic E-state index is 12.0. The van der Waals surface area contributed by atoms with Crippen molar-refractivity contribution in [2.24, 2.45) is 5.92 Å². The molecule has 8 nitrogen and oxygen atoms in total. The van der Waals surface area contributed by atoms with Gasteiger partial charge in [-0.05, 0) is 6.92 Å². The number of amides is 1. The van der Waals surface area contributed by atoms with Crippen molar-refractivity contribution < 1.29 is 23.9 Å². The molecule has 22 heavy (non-hydrogen) atoms. The van der Waals surface area contributed by atoms with Gasteiger partial charge in [0, 0.05) is 24.7 Å². The number of nitrogens with zero attached hydrogens (tertiary/aromatic N) is 1. The van der Waals surface area contributed by atoms with Crippen molar-refractivity contribution >= 4 is 29.9 Å². The molecule has 1 aromatic rings. The zero-order valence-corrected chi connectivity index (χ0v) is 12.6. The number of carbonyl (C=O) groups is 3. The molecule has 0 radical (unpaired) electrons. The average molecular weight is 330 g/mol. The summed E-state index contributed by atoms with van der Waals surface area (Å²) in [6.07, 6.45) is 3.48. The Hall–Kier alpha value is -2.09. The molecule has 0 saturated carbocycles. The van der Waals surface area contributed by atoms with Gasteiger partial charge < -0.3 is 19.8 Å². The molecule has 2 heterocycles. The topological polar surface area (TPSA) is 110 Å². The van der Waals surface area contributed by atoms with E-state index in [1.54, 1.807) is 13.1 Å². The molecule has 9 heteroatoms. The Kier molecular flexibility index (Phi) is 5.37. The summed E-state index contributed by atoms with van der Waals surface area (Å²) in [7, 11) is 0. The third-order valence-corrected chi connectivity index (χ3v) is 3.66. The number of imidazole rings is 1. The van der Waals surface area contributed by atoms with Gasteiger partial charge in [-0.1, -0.05) is 11.6 Å². The first-order valence-corrected chi connectivity index (χ1v) is 7.17. The molecule has 1 aliphatic rings. The molecule has 0 aromatic carbocycles. The molecule has 120 valence electrons. The van der Waals surface area contributed by atoms with E-state index < -0.39 is 17.6 Å². The lowest BCUT2D eigenvalue weighted by Gasteiger charge is -2.33. The molecule has 1 aromatic heterocycles. The van der Waals surface area contributed by atoms with Gasteiger partial charge in [0.25, 0.3) is 0 Å². The number of cyclic esters (lactones) is 1. The minimum absolute atomic E-state index is 0.204. The Labute approximate surface area is 131 Å². The van der Waals surface area contributed by atoms with E-state index in [9.17, 15) is 14.4 Å². The number of ether oxygens (including phenoxy) is 2. The number of nitrogens with one attached hydrogen (secondary N) is 2. The van der Waals surface area contributed by atoms with Gasteiger partial charge in [0.05, 0.1) is 12.2 Å². The molecule has 1 saturated heterocycles. The second-order valence-electron chi connectivity index (χ2n) is 4.96. The van der Waals surface area contributed by atoms with Crippen LogP contribution in [0.2, 0.25) is 0 Å². The first-order chi connectivity index (χ1) is 10.5. The molecule has 1 fully saturated rings. The molecule has 0 bridgehead atoms. The smallest absolute Gasteiger partial charge is 0.330 e. The monoisotopic (exact) mass is 329 g/mol. The van der Waals surface area contributed by atoms with Gasteiger partial charge in [0.1, 0.15) is 12.1 Å². The van der Waals surface area contributed by atoms with Crippen molar-refractivity contribution in [3.05, 3.63) is 18.2 Å². The molecular weight excluding hydrogens is 314 g/mol. The minimum atomic E-state index is -0.939. The number of H-pyrrole nitrogens is 1. The lowest BCUT2D eigenvalue weighted by atomic mass is 9.97. The summed E-state index contributed by atoms with van der Waals surface area (Å²) in [5, 5.41) is 2.38. The minimum Gasteiger partial charge on any atom is -0.461 e. The predicted octanol–water partition coefficient (Wildman–Crippen LogP) is 0.127. The van der Waals surface area contributed by atoms with Crippen molar-refractivity contribution in [3.8, 4) is 0 Å². The van der Waals surface area contributed by atoms with Gasteiger partial charge in [-0.15, -0.1) is 0 Å². The highest BCUT2D eigenvalue weighted by Crippen LogP contribution is 2.27. The average Bonchev–Trinajstić information content (AvgIpc) is 2.99. The van der Waals surface area contributed by atoms with Crippen molar-refractivity contribution in [3.63, 3.8) is 0 Å². The van der Waals surface area contributed by atoms with Crippen LogP contribution in [0.4, 0.5) is 0 Å². The summed E-state index contributed by atoms with van der Waals surface area (Å²) in [5.41, 5.74) is -0.269. The lowest BCUT2D eigenvalue weighted by molar-refractivity contribution is -0.185. The number of esters is 2. The first kappa shape index (κ1) is 16.3. The lowest BCUT2D eigenvalue weighted by Crippen LogP contribution is -2.46. The van der Waals surface area contributed by atoms with Crippen LogP contribution in [0.1, 0.15) is 19.0 Å². The largest absolute Gasteiger partial charge is 0.461 e. The van der Waals surface area contributed by atoms with E-state index in [-0.39, 0.29) is 30.8 Å². The van der Waals surface area contributed by atoms with Crippen LogP contribution in [0.3, 0.4) is 0 Å². The maximum Gasteiger partial charge on any atom is 0.330 e. The number of aromatic amines is 1. The van der Waals surface area contributed by atoms with Crippen molar-refractivity contribution in [1.82, 2.24) is 15.3 Å². The number of rotatable bonds is 8. The van der Waals surface area contributed by atoms with Crippen LogP contribution in [-0.4, -0.2) is 46.0 Å². The van der Waals surface area contributed by atoms with Gasteiger partial charge in [-0.2, -0.15) is 0 Å². The summed E-state index contributed by atoms with van der Waals surface area (Å²) < 4.78 is 9.98. The Bertz CT molecular complexity index is 536. The standard InChI is InChI=1S/C13H16ClN3O5/c1-7-10(21-12(7)19)3-11(14)22-13(20)9(17-6-18)2-8-4-15-5-16-8/h4-7,9-11H,2-3H2,1H3,(H,15,16)(H,17,18)/t7-,9-,10-,11+/m0/s1. The fourth-order valence-corrected chi connectivity index (χ4v) is 2.30. The second-order valence-corrected chi connectivity index (χ2v) is 5.45. The number of aromatic nitrogens is 2. The van der Waals surface area contributed by atoms with Crippen LogP contribution in [0.25, 0.3) is 0 Å². The molecular formula is C13H16ClN3O5. The van der Waals surface area contributed by atoms with Gasteiger partial charge >= 0.3 is 11.9 Å². The molecule has 2 rings (SSSR count). The summed E-state index contributed by atoms with van der Waals surface area (Å²) in [5.74, 6) is -1.21. The Morgan fingerprint density at radius 2 is 2.45 bits per heavy atom. The molecule has 4 atom stereocenters. The van der Waals surface area contributed by atoms with Crippen LogP contribution in [0, 0.1) is 5.92 Å². The van der Waals surface area contributed by atoms with Crippen molar-refractivity contribution in [2.75, 3.05) is 0 Å². The Morgan fingerprint density at radius 1 is 1.68 bits per heavy atom. The van der Waals surface area contributed by atoms with Crippen LogP contribution >= 0.6 is 11.6 Å². The zero-order valence-electron chi connectivity index (χ0n) is 11.8.